The fourth-order valence-electron chi connectivity index (χ4n) is 2.41. The van der Waals surface area contributed by atoms with Crippen molar-refractivity contribution in [2.45, 2.75) is 49.6 Å². The van der Waals surface area contributed by atoms with Gasteiger partial charge in [0.05, 0.1) is 13.2 Å². The van der Waals surface area contributed by atoms with Crippen LogP contribution in [0.2, 0.25) is 0 Å². The highest BCUT2D eigenvalue weighted by Gasteiger charge is 2.42. The molecule has 0 bridgehead atoms. The van der Waals surface area contributed by atoms with Gasteiger partial charge in [-0.15, -0.1) is 0 Å². The molecule has 0 aromatic heterocycles. The molecular formula is C17H25BrO3. The molecule has 4 atom stereocenters. The molecular weight excluding hydrogens is 332 g/mol. The highest BCUT2D eigenvalue weighted by molar-refractivity contribution is 9.09. The standard InChI is InChI=1S/C17H25BrO3/c1-4-12(2)13-5-7-14(8-6-13)21-16-11-15(18)17(16)20-10-9-19-3/h5-8,12,15-17H,4,9-11H2,1-3H3. The zero-order chi connectivity index (χ0) is 15.2. The largest absolute Gasteiger partial charge is 0.488 e. The van der Waals surface area contributed by atoms with Crippen LogP contribution in [0.1, 0.15) is 38.2 Å². The minimum absolute atomic E-state index is 0.106. The van der Waals surface area contributed by atoms with E-state index >= 15 is 0 Å². The van der Waals surface area contributed by atoms with Gasteiger partial charge in [0.1, 0.15) is 18.0 Å². The Bertz CT molecular complexity index is 421. The van der Waals surface area contributed by atoms with Crippen LogP contribution in [-0.4, -0.2) is 37.4 Å². The van der Waals surface area contributed by atoms with Crippen LogP contribution in [0.4, 0.5) is 0 Å². The molecule has 0 spiro atoms. The SMILES string of the molecule is CCC(C)c1ccc(OC2CC(Br)C2OCCOC)cc1. The lowest BCUT2D eigenvalue weighted by Gasteiger charge is -2.40. The smallest absolute Gasteiger partial charge is 0.127 e. The molecule has 1 aliphatic carbocycles. The molecule has 4 unspecified atom stereocenters. The summed E-state index contributed by atoms with van der Waals surface area (Å²) in [7, 11) is 1.68. The summed E-state index contributed by atoms with van der Waals surface area (Å²) in [5, 5.41) is 0. The Hall–Kier alpha value is -0.580. The van der Waals surface area contributed by atoms with Crippen molar-refractivity contribution < 1.29 is 14.2 Å². The Morgan fingerprint density at radius 2 is 1.95 bits per heavy atom. The fourth-order valence-corrected chi connectivity index (χ4v) is 3.27. The van der Waals surface area contributed by atoms with Gasteiger partial charge >= 0.3 is 0 Å². The normalized spacial score (nSPS) is 26.2. The maximum atomic E-state index is 6.04. The summed E-state index contributed by atoms with van der Waals surface area (Å²) in [5.74, 6) is 1.52. The second-order valence-corrected chi connectivity index (χ2v) is 6.79. The van der Waals surface area contributed by atoms with E-state index in [0.717, 1.165) is 18.6 Å². The van der Waals surface area contributed by atoms with Crippen LogP contribution in [0.3, 0.4) is 0 Å². The maximum Gasteiger partial charge on any atom is 0.127 e. The maximum absolute atomic E-state index is 6.04. The number of benzene rings is 1. The topological polar surface area (TPSA) is 27.7 Å². The van der Waals surface area contributed by atoms with Gasteiger partial charge in [-0.2, -0.15) is 0 Å². The Kier molecular flexibility index (Phi) is 6.52. The van der Waals surface area contributed by atoms with Gasteiger partial charge in [-0.05, 0) is 30.0 Å². The van der Waals surface area contributed by atoms with Gasteiger partial charge in [0.15, 0.2) is 0 Å². The molecule has 1 aliphatic rings. The molecule has 1 aromatic rings. The van der Waals surface area contributed by atoms with Crippen molar-refractivity contribution in [2.24, 2.45) is 0 Å². The molecule has 3 nitrogen and oxygen atoms in total. The molecule has 21 heavy (non-hydrogen) atoms. The molecule has 0 amide bonds. The van der Waals surface area contributed by atoms with Gasteiger partial charge in [-0.3, -0.25) is 0 Å². The van der Waals surface area contributed by atoms with Crippen molar-refractivity contribution in [2.75, 3.05) is 20.3 Å². The third kappa shape index (κ3) is 4.44. The first kappa shape index (κ1) is 16.8. The van der Waals surface area contributed by atoms with Gasteiger partial charge < -0.3 is 14.2 Å². The zero-order valence-corrected chi connectivity index (χ0v) is 14.6. The zero-order valence-electron chi connectivity index (χ0n) is 13.0. The first-order valence-electron chi connectivity index (χ1n) is 7.67. The van der Waals surface area contributed by atoms with Crippen molar-refractivity contribution in [1.29, 1.82) is 0 Å². The summed E-state index contributed by atoms with van der Waals surface area (Å²) in [4.78, 5) is 0.374. The molecule has 0 radical (unpaired) electrons. The van der Waals surface area contributed by atoms with E-state index in [2.05, 4.69) is 54.0 Å². The number of rotatable bonds is 8. The Labute approximate surface area is 136 Å². The third-order valence-corrected chi connectivity index (χ3v) is 5.02. The van der Waals surface area contributed by atoms with E-state index in [9.17, 15) is 0 Å². The molecule has 4 heteroatoms. The quantitative estimate of drug-likeness (QED) is 0.517. The summed E-state index contributed by atoms with van der Waals surface area (Å²) >= 11 is 3.63. The molecule has 1 aromatic carbocycles. The van der Waals surface area contributed by atoms with Crippen LogP contribution < -0.4 is 4.74 Å². The van der Waals surface area contributed by atoms with Crippen molar-refractivity contribution in [3.8, 4) is 5.75 Å². The molecule has 2 rings (SSSR count). The predicted molar refractivity (Wildman–Crippen MR) is 88.5 cm³/mol. The Balaban J connectivity index is 1.86. The van der Waals surface area contributed by atoms with Gasteiger partial charge in [0, 0.05) is 18.4 Å². The molecule has 1 saturated carbocycles. The van der Waals surface area contributed by atoms with E-state index in [4.69, 9.17) is 14.2 Å². The lowest BCUT2D eigenvalue weighted by atomic mass is 9.91. The van der Waals surface area contributed by atoms with E-state index in [0.29, 0.717) is 24.0 Å². The van der Waals surface area contributed by atoms with Gasteiger partial charge in [0.2, 0.25) is 0 Å². The van der Waals surface area contributed by atoms with E-state index < -0.39 is 0 Å². The first-order valence-corrected chi connectivity index (χ1v) is 8.58. The molecule has 0 N–H and O–H groups in total. The van der Waals surface area contributed by atoms with E-state index in [1.165, 1.54) is 5.56 Å². The second-order valence-electron chi connectivity index (χ2n) is 5.61. The monoisotopic (exact) mass is 356 g/mol. The molecule has 0 heterocycles. The van der Waals surface area contributed by atoms with Crippen LogP contribution in [0.15, 0.2) is 24.3 Å². The van der Waals surface area contributed by atoms with Gasteiger partial charge in [-0.1, -0.05) is 41.9 Å². The molecule has 0 saturated heterocycles. The van der Waals surface area contributed by atoms with Crippen LogP contribution in [-0.2, 0) is 9.47 Å². The highest BCUT2D eigenvalue weighted by Crippen LogP contribution is 2.34. The van der Waals surface area contributed by atoms with Crippen LogP contribution in [0.25, 0.3) is 0 Å². The average molecular weight is 357 g/mol. The minimum atomic E-state index is 0.106. The average Bonchev–Trinajstić information content (AvgIpc) is 2.51. The van der Waals surface area contributed by atoms with Gasteiger partial charge in [0.25, 0.3) is 0 Å². The molecule has 1 fully saturated rings. The van der Waals surface area contributed by atoms with Gasteiger partial charge in [-0.25, -0.2) is 0 Å². The van der Waals surface area contributed by atoms with Crippen molar-refractivity contribution in [1.82, 2.24) is 0 Å². The summed E-state index contributed by atoms with van der Waals surface area (Å²) < 4.78 is 16.8. The number of hydrogen-bond acceptors (Lipinski definition) is 3. The Morgan fingerprint density at radius 3 is 2.52 bits per heavy atom. The third-order valence-electron chi connectivity index (χ3n) is 4.13. The van der Waals surface area contributed by atoms with Crippen molar-refractivity contribution in [3.63, 3.8) is 0 Å². The number of halogens is 1. The summed E-state index contributed by atoms with van der Waals surface area (Å²) in [6.07, 6.45) is 2.36. The highest BCUT2D eigenvalue weighted by atomic mass is 79.9. The van der Waals surface area contributed by atoms with Crippen molar-refractivity contribution in [3.05, 3.63) is 29.8 Å². The predicted octanol–water partition coefficient (Wildman–Crippen LogP) is 4.15. The minimum Gasteiger partial charge on any atom is -0.488 e. The second kappa shape index (κ2) is 8.16. The lowest BCUT2D eigenvalue weighted by molar-refractivity contribution is -0.0865. The van der Waals surface area contributed by atoms with Crippen LogP contribution in [0.5, 0.6) is 5.75 Å². The summed E-state index contributed by atoms with van der Waals surface area (Å²) in [5.41, 5.74) is 1.37. The molecule has 118 valence electrons. The van der Waals surface area contributed by atoms with E-state index in [1.54, 1.807) is 7.11 Å². The summed E-state index contributed by atoms with van der Waals surface area (Å²) in [6.45, 7) is 5.68. The van der Waals surface area contributed by atoms with E-state index in [-0.39, 0.29) is 12.2 Å². The number of methoxy groups -OCH3 is 1. The van der Waals surface area contributed by atoms with Crippen molar-refractivity contribution >= 4 is 15.9 Å². The number of ether oxygens (including phenoxy) is 3. The van der Waals surface area contributed by atoms with Crippen LogP contribution in [0, 0.1) is 0 Å². The Morgan fingerprint density at radius 1 is 1.24 bits per heavy atom. The van der Waals surface area contributed by atoms with Crippen LogP contribution >= 0.6 is 15.9 Å². The lowest BCUT2D eigenvalue weighted by Crippen LogP contribution is -2.52. The molecule has 0 aliphatic heterocycles. The number of alkyl halides is 1. The first-order chi connectivity index (χ1) is 10.2. The number of hydrogen-bond donors (Lipinski definition) is 0. The van der Waals surface area contributed by atoms with E-state index in [1.807, 2.05) is 0 Å². The fraction of sp³-hybridized carbons (Fsp3) is 0.647. The summed E-state index contributed by atoms with van der Waals surface area (Å²) in [6, 6.07) is 8.45.